The molecule has 0 amide bonds. The summed E-state index contributed by atoms with van der Waals surface area (Å²) in [5, 5.41) is 2.08. The molecule has 0 aliphatic carbocycles. The average Bonchev–Trinajstić information content (AvgIpc) is 2.91. The molecule has 2 nitrogen and oxygen atoms in total. The van der Waals surface area contributed by atoms with E-state index in [9.17, 15) is 0 Å². The zero-order chi connectivity index (χ0) is 16.4. The van der Waals surface area contributed by atoms with Crippen molar-refractivity contribution in [1.82, 2.24) is 4.98 Å². The van der Waals surface area contributed by atoms with Gasteiger partial charge in [-0.1, -0.05) is 29.8 Å². The highest BCUT2D eigenvalue weighted by Crippen LogP contribution is 2.35. The molecule has 0 fully saturated rings. The molecule has 0 atom stereocenters. The van der Waals surface area contributed by atoms with Crippen molar-refractivity contribution in [3.8, 4) is 11.3 Å². The number of nitrogens with one attached hydrogen (secondary N) is 1. The van der Waals surface area contributed by atoms with E-state index >= 15 is 0 Å². The van der Waals surface area contributed by atoms with Gasteiger partial charge in [0.25, 0.3) is 0 Å². The van der Waals surface area contributed by atoms with Crippen LogP contribution in [0.1, 0.15) is 24.0 Å². The molecule has 0 saturated heterocycles. The summed E-state index contributed by atoms with van der Waals surface area (Å²) >= 11 is 8.67. The Morgan fingerprint density at radius 3 is 2.74 bits per heavy atom. The smallest absolute Gasteiger partial charge is 0.0506 e. The number of fused-ring (bicyclic) bond motifs is 1. The van der Waals surface area contributed by atoms with Crippen LogP contribution < -0.4 is 5.73 Å². The molecule has 1 heterocycles. The van der Waals surface area contributed by atoms with E-state index in [1.165, 1.54) is 25.8 Å². The van der Waals surface area contributed by atoms with Crippen molar-refractivity contribution in [2.75, 3.05) is 6.54 Å². The molecule has 120 valence electrons. The molecule has 3 N–H and O–H groups in total. The minimum atomic E-state index is 0.742. The lowest BCUT2D eigenvalue weighted by atomic mass is 9.99. The molecule has 0 saturated carbocycles. The van der Waals surface area contributed by atoms with E-state index in [2.05, 4.69) is 64.8 Å². The highest BCUT2D eigenvalue weighted by molar-refractivity contribution is 14.1. The second-order valence-corrected chi connectivity index (χ2v) is 7.48. The van der Waals surface area contributed by atoms with Crippen LogP contribution in [0, 0.1) is 10.5 Å². The highest BCUT2D eigenvalue weighted by Gasteiger charge is 2.15. The molecule has 23 heavy (non-hydrogen) atoms. The van der Waals surface area contributed by atoms with Gasteiger partial charge in [-0.2, -0.15) is 0 Å². The molecular weight excluding hydrogens is 419 g/mol. The van der Waals surface area contributed by atoms with Crippen LogP contribution in [0.4, 0.5) is 0 Å². The summed E-state index contributed by atoms with van der Waals surface area (Å²) in [6.45, 7) is 2.81. The summed E-state index contributed by atoms with van der Waals surface area (Å²) in [5.74, 6) is 0. The summed E-state index contributed by atoms with van der Waals surface area (Å²) in [7, 11) is 0. The van der Waals surface area contributed by atoms with Gasteiger partial charge < -0.3 is 10.7 Å². The van der Waals surface area contributed by atoms with Gasteiger partial charge in [0.05, 0.1) is 5.52 Å². The first-order valence-electron chi connectivity index (χ1n) is 7.87. The number of aryl methyl sites for hydroxylation is 2. The summed E-state index contributed by atoms with van der Waals surface area (Å²) in [5.41, 5.74) is 11.7. The van der Waals surface area contributed by atoms with Crippen molar-refractivity contribution >= 4 is 45.1 Å². The van der Waals surface area contributed by atoms with Crippen LogP contribution in [-0.4, -0.2) is 11.5 Å². The molecular formula is C19H20ClIN2. The van der Waals surface area contributed by atoms with Crippen molar-refractivity contribution in [2.45, 2.75) is 26.2 Å². The highest BCUT2D eigenvalue weighted by atomic mass is 127. The van der Waals surface area contributed by atoms with Crippen molar-refractivity contribution in [3.63, 3.8) is 0 Å². The summed E-state index contributed by atoms with van der Waals surface area (Å²) in [4.78, 5) is 3.62. The van der Waals surface area contributed by atoms with E-state index in [0.29, 0.717) is 0 Å². The van der Waals surface area contributed by atoms with Gasteiger partial charge in [0.1, 0.15) is 0 Å². The quantitative estimate of drug-likeness (QED) is 0.390. The lowest BCUT2D eigenvalue weighted by Gasteiger charge is -2.06. The predicted octanol–water partition coefficient (Wildman–Crippen LogP) is 5.68. The monoisotopic (exact) mass is 438 g/mol. The summed E-state index contributed by atoms with van der Waals surface area (Å²) in [6.07, 6.45) is 3.17. The average molecular weight is 439 g/mol. The van der Waals surface area contributed by atoms with Crippen molar-refractivity contribution in [1.29, 1.82) is 0 Å². The first-order valence-corrected chi connectivity index (χ1v) is 9.33. The van der Waals surface area contributed by atoms with Crippen molar-refractivity contribution in [2.24, 2.45) is 5.73 Å². The molecule has 3 rings (SSSR count). The SMILES string of the molecule is Cc1c(Cl)ccc2c(CCCCN)c(-c3cccc(I)c3)[nH]c12. The van der Waals surface area contributed by atoms with E-state index in [-0.39, 0.29) is 0 Å². The van der Waals surface area contributed by atoms with Crippen LogP contribution in [0.3, 0.4) is 0 Å². The van der Waals surface area contributed by atoms with Crippen LogP contribution in [0.25, 0.3) is 22.2 Å². The van der Waals surface area contributed by atoms with Gasteiger partial charge in [0, 0.05) is 19.7 Å². The predicted molar refractivity (Wildman–Crippen MR) is 108 cm³/mol. The Kier molecular flexibility index (Phi) is 5.29. The molecule has 0 radical (unpaired) electrons. The van der Waals surface area contributed by atoms with E-state index in [4.69, 9.17) is 17.3 Å². The Balaban J connectivity index is 2.18. The molecule has 0 unspecified atom stereocenters. The molecule has 0 spiro atoms. The van der Waals surface area contributed by atoms with Crippen LogP contribution in [0.15, 0.2) is 36.4 Å². The van der Waals surface area contributed by atoms with Crippen LogP contribution in [-0.2, 0) is 6.42 Å². The van der Waals surface area contributed by atoms with Crippen molar-refractivity contribution in [3.05, 3.63) is 56.1 Å². The number of H-pyrrole nitrogens is 1. The molecule has 1 aromatic heterocycles. The number of aromatic amines is 1. The zero-order valence-corrected chi connectivity index (χ0v) is 16.0. The van der Waals surface area contributed by atoms with Gasteiger partial charge >= 0.3 is 0 Å². The molecule has 0 bridgehead atoms. The number of rotatable bonds is 5. The fourth-order valence-electron chi connectivity index (χ4n) is 3.03. The lowest BCUT2D eigenvalue weighted by Crippen LogP contribution is -1.99. The van der Waals surface area contributed by atoms with Crippen LogP contribution in [0.5, 0.6) is 0 Å². The number of unbranched alkanes of at least 4 members (excludes halogenated alkanes) is 1. The summed E-state index contributed by atoms with van der Waals surface area (Å²) in [6, 6.07) is 12.7. The van der Waals surface area contributed by atoms with Crippen LogP contribution in [0.2, 0.25) is 5.02 Å². The topological polar surface area (TPSA) is 41.8 Å². The maximum atomic E-state index is 6.31. The van der Waals surface area contributed by atoms with Gasteiger partial charge in [-0.05, 0) is 90.2 Å². The third-order valence-corrected chi connectivity index (χ3v) is 5.35. The zero-order valence-electron chi connectivity index (χ0n) is 13.1. The van der Waals surface area contributed by atoms with Gasteiger partial charge in [-0.25, -0.2) is 0 Å². The van der Waals surface area contributed by atoms with E-state index in [1.54, 1.807) is 0 Å². The molecule has 0 aliphatic heterocycles. The Morgan fingerprint density at radius 2 is 2.00 bits per heavy atom. The van der Waals surface area contributed by atoms with Gasteiger partial charge in [0.15, 0.2) is 0 Å². The maximum absolute atomic E-state index is 6.31. The Labute approximate surface area is 155 Å². The minimum Gasteiger partial charge on any atom is -0.354 e. The maximum Gasteiger partial charge on any atom is 0.0506 e. The largest absolute Gasteiger partial charge is 0.354 e. The first-order chi connectivity index (χ1) is 11.1. The van der Waals surface area contributed by atoms with Gasteiger partial charge in [-0.3, -0.25) is 0 Å². The lowest BCUT2D eigenvalue weighted by molar-refractivity contribution is 0.748. The van der Waals surface area contributed by atoms with Gasteiger partial charge in [0.2, 0.25) is 0 Å². The number of aromatic nitrogens is 1. The van der Waals surface area contributed by atoms with Crippen molar-refractivity contribution < 1.29 is 0 Å². The fourth-order valence-corrected chi connectivity index (χ4v) is 3.73. The number of benzene rings is 2. The minimum absolute atomic E-state index is 0.742. The Morgan fingerprint density at radius 1 is 1.17 bits per heavy atom. The number of hydrogen-bond donors (Lipinski definition) is 2. The standard InChI is InChI=1S/C19H20ClIN2/c1-12-17(20)9-8-16-15(7-2-3-10-22)19(23-18(12)16)13-5-4-6-14(21)11-13/h4-6,8-9,11,23H,2-3,7,10,22H2,1H3. The second kappa shape index (κ2) is 7.24. The molecule has 2 aromatic carbocycles. The number of halogens is 2. The first kappa shape index (κ1) is 16.8. The normalized spacial score (nSPS) is 11.3. The fraction of sp³-hybridized carbons (Fsp3) is 0.263. The Bertz CT molecular complexity index is 839. The third-order valence-electron chi connectivity index (χ3n) is 4.27. The van der Waals surface area contributed by atoms with E-state index < -0.39 is 0 Å². The second-order valence-electron chi connectivity index (χ2n) is 5.83. The Hall–Kier alpha value is -1.04. The van der Waals surface area contributed by atoms with E-state index in [0.717, 1.165) is 41.9 Å². The number of nitrogens with two attached hydrogens (primary N) is 1. The molecule has 4 heteroatoms. The van der Waals surface area contributed by atoms with Gasteiger partial charge in [-0.15, -0.1) is 0 Å². The van der Waals surface area contributed by atoms with E-state index in [1.807, 2.05) is 6.07 Å². The molecule has 0 aliphatic rings. The van der Waals surface area contributed by atoms with Crippen LogP contribution >= 0.6 is 34.2 Å². The summed E-state index contributed by atoms with van der Waals surface area (Å²) < 4.78 is 1.24. The molecule has 3 aromatic rings. The third kappa shape index (κ3) is 3.42. The number of hydrogen-bond acceptors (Lipinski definition) is 1.